The van der Waals surface area contributed by atoms with E-state index in [-0.39, 0.29) is 11.7 Å². The van der Waals surface area contributed by atoms with Gasteiger partial charge in [0.25, 0.3) is 5.91 Å². The van der Waals surface area contributed by atoms with Crippen LogP contribution in [0, 0.1) is 5.82 Å². The predicted octanol–water partition coefficient (Wildman–Crippen LogP) is 3.70. The number of anilines is 1. The zero-order valence-corrected chi connectivity index (χ0v) is 16.7. The first-order valence-corrected chi connectivity index (χ1v) is 9.45. The molecule has 2 heterocycles. The van der Waals surface area contributed by atoms with E-state index >= 15 is 0 Å². The number of aromatic nitrogens is 3. The molecule has 4 aromatic rings. The molecule has 4 rings (SSSR count). The topological polar surface area (TPSA) is 98.2 Å². The standard InChI is InChI=1S/C23H19FN6O/c1-26-21(9-10-25)15-3-2-4-17(11-15)29-23(31)20-12-27-14-22-19(20)13-28-30(22)18-7-5-16(24)6-8-18/h2-14H,25H2,1H3,(H,29,31). The lowest BCUT2D eigenvalue weighted by atomic mass is 10.1. The normalized spacial score (nSPS) is 11.9. The number of amides is 1. The summed E-state index contributed by atoms with van der Waals surface area (Å²) in [5, 5.41) is 7.88. The zero-order valence-electron chi connectivity index (χ0n) is 16.7. The molecule has 8 heteroatoms. The molecule has 2 aromatic heterocycles. The van der Waals surface area contributed by atoms with Gasteiger partial charge in [-0.15, -0.1) is 0 Å². The van der Waals surface area contributed by atoms with E-state index in [1.165, 1.54) is 24.5 Å². The van der Waals surface area contributed by atoms with Crippen LogP contribution < -0.4 is 11.1 Å². The van der Waals surface area contributed by atoms with Crippen LogP contribution in [0.3, 0.4) is 0 Å². The van der Waals surface area contributed by atoms with Gasteiger partial charge in [0.05, 0.1) is 34.9 Å². The number of nitrogens with two attached hydrogens (primary N) is 1. The molecular weight excluding hydrogens is 395 g/mol. The summed E-state index contributed by atoms with van der Waals surface area (Å²) in [7, 11) is 1.67. The van der Waals surface area contributed by atoms with Crippen LogP contribution in [0.25, 0.3) is 16.6 Å². The summed E-state index contributed by atoms with van der Waals surface area (Å²) in [6, 6.07) is 13.2. The number of hydrogen-bond acceptors (Lipinski definition) is 5. The number of pyridine rings is 1. The first-order chi connectivity index (χ1) is 15.1. The second kappa shape index (κ2) is 8.58. The Bertz CT molecular complexity index is 1310. The fourth-order valence-corrected chi connectivity index (χ4v) is 3.26. The average molecular weight is 414 g/mol. The predicted molar refractivity (Wildman–Crippen MR) is 119 cm³/mol. The van der Waals surface area contributed by atoms with Gasteiger partial charge < -0.3 is 11.1 Å². The Hall–Kier alpha value is -4.33. The molecule has 7 nitrogen and oxygen atoms in total. The third kappa shape index (κ3) is 4.04. The van der Waals surface area contributed by atoms with Gasteiger partial charge in [-0.1, -0.05) is 12.1 Å². The van der Waals surface area contributed by atoms with Gasteiger partial charge in [0.15, 0.2) is 0 Å². The minimum absolute atomic E-state index is 0.321. The molecule has 0 fully saturated rings. The van der Waals surface area contributed by atoms with Crippen molar-refractivity contribution in [2.24, 2.45) is 10.7 Å². The molecule has 0 saturated heterocycles. The Labute approximate surface area is 177 Å². The first-order valence-electron chi connectivity index (χ1n) is 9.45. The second-order valence-electron chi connectivity index (χ2n) is 6.66. The molecule has 0 unspecified atom stereocenters. The van der Waals surface area contributed by atoms with Crippen molar-refractivity contribution in [1.82, 2.24) is 14.8 Å². The number of carbonyl (C=O) groups is 1. The van der Waals surface area contributed by atoms with Crippen LogP contribution >= 0.6 is 0 Å². The van der Waals surface area contributed by atoms with Crippen LogP contribution in [0.2, 0.25) is 0 Å². The number of carbonyl (C=O) groups excluding carboxylic acids is 1. The van der Waals surface area contributed by atoms with E-state index in [0.717, 1.165) is 5.56 Å². The number of fused-ring (bicyclic) bond motifs is 1. The Kier molecular flexibility index (Phi) is 5.53. The molecule has 0 aliphatic heterocycles. The summed E-state index contributed by atoms with van der Waals surface area (Å²) in [6.07, 6.45) is 7.81. The van der Waals surface area contributed by atoms with E-state index in [1.807, 2.05) is 18.2 Å². The Morgan fingerprint density at radius 3 is 2.71 bits per heavy atom. The Balaban J connectivity index is 1.66. The molecule has 1 amide bonds. The van der Waals surface area contributed by atoms with Crippen LogP contribution in [-0.4, -0.2) is 33.4 Å². The van der Waals surface area contributed by atoms with Gasteiger partial charge in [0.1, 0.15) is 5.82 Å². The van der Waals surface area contributed by atoms with Crippen molar-refractivity contribution in [3.8, 4) is 5.69 Å². The highest BCUT2D eigenvalue weighted by Crippen LogP contribution is 2.22. The molecule has 154 valence electrons. The van der Waals surface area contributed by atoms with E-state index in [9.17, 15) is 9.18 Å². The number of nitrogens with one attached hydrogen (secondary N) is 1. The largest absolute Gasteiger partial charge is 0.405 e. The van der Waals surface area contributed by atoms with Crippen LogP contribution in [0.5, 0.6) is 0 Å². The van der Waals surface area contributed by atoms with Crippen LogP contribution in [-0.2, 0) is 0 Å². The molecule has 0 aliphatic carbocycles. The summed E-state index contributed by atoms with van der Waals surface area (Å²) in [6.45, 7) is 0. The minimum Gasteiger partial charge on any atom is -0.405 e. The van der Waals surface area contributed by atoms with Crippen molar-refractivity contribution in [2.45, 2.75) is 0 Å². The Morgan fingerprint density at radius 2 is 1.97 bits per heavy atom. The summed E-state index contributed by atoms with van der Waals surface area (Å²) < 4.78 is 14.9. The Morgan fingerprint density at radius 1 is 1.16 bits per heavy atom. The van der Waals surface area contributed by atoms with Crippen molar-refractivity contribution in [1.29, 1.82) is 0 Å². The fraction of sp³-hybridized carbons (Fsp3) is 0.0435. The molecule has 0 atom stereocenters. The van der Waals surface area contributed by atoms with Gasteiger partial charge in [-0.3, -0.25) is 14.8 Å². The summed E-state index contributed by atoms with van der Waals surface area (Å²) in [5.41, 5.74) is 9.29. The maximum absolute atomic E-state index is 13.3. The molecule has 0 saturated carbocycles. The third-order valence-corrected chi connectivity index (χ3v) is 4.72. The quantitative estimate of drug-likeness (QED) is 0.487. The SMILES string of the molecule is CN=C(C=CN)c1cccc(NC(=O)c2cncc3c2cnn3-c2ccc(F)cc2)c1. The van der Waals surface area contributed by atoms with Crippen molar-refractivity contribution in [3.05, 3.63) is 96.3 Å². The van der Waals surface area contributed by atoms with Gasteiger partial charge in [0.2, 0.25) is 0 Å². The maximum Gasteiger partial charge on any atom is 0.257 e. The second-order valence-corrected chi connectivity index (χ2v) is 6.66. The van der Waals surface area contributed by atoms with Gasteiger partial charge in [-0.25, -0.2) is 9.07 Å². The monoisotopic (exact) mass is 414 g/mol. The highest BCUT2D eigenvalue weighted by atomic mass is 19.1. The van der Waals surface area contributed by atoms with Gasteiger partial charge >= 0.3 is 0 Å². The molecule has 0 radical (unpaired) electrons. The van der Waals surface area contributed by atoms with Gasteiger partial charge in [0, 0.05) is 29.9 Å². The summed E-state index contributed by atoms with van der Waals surface area (Å²) in [4.78, 5) is 21.4. The van der Waals surface area contributed by atoms with Crippen molar-refractivity contribution in [3.63, 3.8) is 0 Å². The highest BCUT2D eigenvalue weighted by Gasteiger charge is 2.15. The molecule has 0 bridgehead atoms. The molecular formula is C23H19FN6O. The lowest BCUT2D eigenvalue weighted by Crippen LogP contribution is -2.13. The average Bonchev–Trinajstić information content (AvgIpc) is 3.22. The van der Waals surface area contributed by atoms with E-state index in [1.54, 1.807) is 48.4 Å². The van der Waals surface area contributed by atoms with Crippen LogP contribution in [0.1, 0.15) is 15.9 Å². The van der Waals surface area contributed by atoms with E-state index in [2.05, 4.69) is 20.4 Å². The van der Waals surface area contributed by atoms with Gasteiger partial charge in [-0.2, -0.15) is 5.10 Å². The van der Waals surface area contributed by atoms with Gasteiger partial charge in [-0.05, 0) is 48.7 Å². The van der Waals surface area contributed by atoms with Crippen LogP contribution in [0.4, 0.5) is 10.1 Å². The smallest absolute Gasteiger partial charge is 0.257 e. The maximum atomic E-state index is 13.3. The van der Waals surface area contributed by atoms with Crippen LogP contribution in [0.15, 0.2) is 84.4 Å². The molecule has 0 aliphatic rings. The van der Waals surface area contributed by atoms with Crippen molar-refractivity contribution in [2.75, 3.05) is 12.4 Å². The van der Waals surface area contributed by atoms with Crippen molar-refractivity contribution >= 4 is 28.2 Å². The lowest BCUT2D eigenvalue weighted by Gasteiger charge is -2.09. The highest BCUT2D eigenvalue weighted by molar-refractivity contribution is 6.13. The molecule has 0 spiro atoms. The number of allylic oxidation sites excluding steroid dienone is 1. The van der Waals surface area contributed by atoms with E-state index < -0.39 is 0 Å². The van der Waals surface area contributed by atoms with Crippen molar-refractivity contribution < 1.29 is 9.18 Å². The van der Waals surface area contributed by atoms with E-state index in [0.29, 0.717) is 33.6 Å². The zero-order chi connectivity index (χ0) is 21.8. The molecule has 3 N–H and O–H groups in total. The summed E-state index contributed by atoms with van der Waals surface area (Å²) in [5.74, 6) is -0.655. The number of rotatable bonds is 5. The third-order valence-electron chi connectivity index (χ3n) is 4.72. The number of benzene rings is 2. The van der Waals surface area contributed by atoms with E-state index in [4.69, 9.17) is 5.73 Å². The number of hydrogen-bond donors (Lipinski definition) is 2. The number of aliphatic imine (C=N–C) groups is 1. The molecule has 31 heavy (non-hydrogen) atoms. The fourth-order valence-electron chi connectivity index (χ4n) is 3.26. The summed E-state index contributed by atoms with van der Waals surface area (Å²) >= 11 is 0. The minimum atomic E-state index is -0.334. The first kappa shape index (κ1) is 20.0. The molecule has 2 aromatic carbocycles. The lowest BCUT2D eigenvalue weighted by molar-refractivity contribution is 0.102. The number of nitrogens with zero attached hydrogens (tertiary/aromatic N) is 4. The number of halogens is 1.